The number of benzene rings is 1. The molecule has 1 amide bonds. The van der Waals surface area contributed by atoms with Crippen LogP contribution in [-0.4, -0.2) is 56.8 Å². The Labute approximate surface area is 241 Å². The zero-order chi connectivity index (χ0) is 28.8. The molecule has 1 aliphatic heterocycles. The molecule has 0 saturated carbocycles. The lowest BCUT2D eigenvalue weighted by Gasteiger charge is -2.42. The van der Waals surface area contributed by atoms with E-state index in [1.165, 1.54) is 10.6 Å². The quantitative estimate of drug-likeness (QED) is 0.305. The minimum absolute atomic E-state index is 0.0197. The van der Waals surface area contributed by atoms with Gasteiger partial charge in [0.2, 0.25) is 0 Å². The number of carbonyl (C=O) groups is 1. The molecule has 0 unspecified atom stereocenters. The van der Waals surface area contributed by atoms with Gasteiger partial charge >= 0.3 is 11.8 Å². The number of aromatic nitrogens is 3. The van der Waals surface area contributed by atoms with Gasteiger partial charge in [-0.2, -0.15) is 4.98 Å². The lowest BCUT2D eigenvalue weighted by atomic mass is 10.0. The second kappa shape index (κ2) is 11.0. The molecule has 0 spiro atoms. The van der Waals surface area contributed by atoms with Crippen LogP contribution in [0.15, 0.2) is 27.6 Å². The molecule has 1 saturated heterocycles. The lowest BCUT2D eigenvalue weighted by Crippen LogP contribution is -2.56. The van der Waals surface area contributed by atoms with Crippen LogP contribution in [0.1, 0.15) is 65.1 Å². The number of nitrogens with zero attached hydrogens (tertiary/aromatic N) is 5. The Morgan fingerprint density at radius 2 is 2.00 bits per heavy atom. The van der Waals surface area contributed by atoms with Crippen LogP contribution in [0, 0.1) is 12.7 Å². The van der Waals surface area contributed by atoms with Crippen molar-refractivity contribution >= 4 is 50.3 Å². The summed E-state index contributed by atoms with van der Waals surface area (Å²) in [5, 5.41) is 0.313. The summed E-state index contributed by atoms with van der Waals surface area (Å²) in [6.07, 6.45) is 1.99. The van der Waals surface area contributed by atoms with Crippen LogP contribution in [0.5, 0.6) is 0 Å². The van der Waals surface area contributed by atoms with Gasteiger partial charge in [0.15, 0.2) is 5.82 Å². The summed E-state index contributed by atoms with van der Waals surface area (Å²) in [4.78, 5) is 39.3. The van der Waals surface area contributed by atoms with Gasteiger partial charge in [-0.25, -0.2) is 14.0 Å². The van der Waals surface area contributed by atoms with Crippen LogP contribution in [0.25, 0.3) is 16.6 Å². The summed E-state index contributed by atoms with van der Waals surface area (Å²) in [5.41, 5.74) is 1.46. The fourth-order valence-corrected chi connectivity index (χ4v) is 5.86. The summed E-state index contributed by atoms with van der Waals surface area (Å²) >= 11 is 9.73. The van der Waals surface area contributed by atoms with Gasteiger partial charge in [-0.3, -0.25) is 9.55 Å². The number of aryl methyl sites for hydroxylation is 1. The van der Waals surface area contributed by atoms with E-state index in [-0.39, 0.29) is 27.5 Å². The number of hydrogen-bond donors (Lipinski definition) is 0. The van der Waals surface area contributed by atoms with E-state index in [0.717, 1.165) is 11.3 Å². The van der Waals surface area contributed by atoms with Gasteiger partial charge in [-0.1, -0.05) is 32.4 Å². The first-order chi connectivity index (χ1) is 18.2. The monoisotopic (exact) mass is 621 g/mol. The molecule has 210 valence electrons. The number of halogens is 3. The Kier molecular flexibility index (Phi) is 8.28. The smallest absolute Gasteiger partial charge is 0.410 e. The van der Waals surface area contributed by atoms with Crippen molar-refractivity contribution in [1.82, 2.24) is 19.4 Å². The first kappa shape index (κ1) is 29.3. The van der Waals surface area contributed by atoms with Gasteiger partial charge < -0.3 is 14.5 Å². The number of anilines is 1. The van der Waals surface area contributed by atoms with E-state index in [9.17, 15) is 9.59 Å². The largest absolute Gasteiger partial charge is 0.444 e. The normalized spacial score (nSPS) is 16.3. The van der Waals surface area contributed by atoms with Crippen LogP contribution >= 0.6 is 27.5 Å². The second-order valence-electron chi connectivity index (χ2n) is 11.1. The highest BCUT2D eigenvalue weighted by molar-refractivity contribution is 9.10. The third kappa shape index (κ3) is 5.63. The molecule has 0 N–H and O–H groups in total. The predicted octanol–water partition coefficient (Wildman–Crippen LogP) is 6.60. The zero-order valence-corrected chi connectivity index (χ0v) is 25.7. The van der Waals surface area contributed by atoms with Crippen LogP contribution in [0.2, 0.25) is 5.02 Å². The van der Waals surface area contributed by atoms with Crippen molar-refractivity contribution in [2.75, 3.05) is 24.5 Å². The fourth-order valence-electron chi connectivity index (χ4n) is 4.96. The Morgan fingerprint density at radius 1 is 1.31 bits per heavy atom. The van der Waals surface area contributed by atoms with E-state index in [0.29, 0.717) is 48.5 Å². The van der Waals surface area contributed by atoms with Crippen LogP contribution in [0.4, 0.5) is 15.0 Å². The summed E-state index contributed by atoms with van der Waals surface area (Å²) in [6.45, 7) is 14.5. The molecule has 2 aromatic heterocycles. The standard InChI is InChI=1S/C28H34BrClFN5O3/c1-8-17-14-34(27(38)39-28(5,6)7)11-12-35(17)25-20-19(13-18(30)22(31)21(20)29)36(26(37)33-25)24-16(4)9-10-32-23(24)15(2)3/h9-10,13,15,17H,8,11-12,14H2,1-7H3/t17-/m1/s1. The van der Waals surface area contributed by atoms with Crippen molar-refractivity contribution < 1.29 is 13.9 Å². The highest BCUT2D eigenvalue weighted by Crippen LogP contribution is 2.39. The molecule has 3 heterocycles. The molecule has 11 heteroatoms. The van der Waals surface area contributed by atoms with Crippen molar-refractivity contribution in [2.45, 2.75) is 72.4 Å². The van der Waals surface area contributed by atoms with E-state index in [1.807, 2.05) is 59.4 Å². The van der Waals surface area contributed by atoms with Crippen LogP contribution in [-0.2, 0) is 4.74 Å². The number of carbonyl (C=O) groups excluding carboxylic acids is 1. The molecule has 3 aromatic rings. The van der Waals surface area contributed by atoms with Gasteiger partial charge in [0, 0.05) is 31.9 Å². The highest BCUT2D eigenvalue weighted by Gasteiger charge is 2.34. The number of rotatable bonds is 4. The first-order valence-corrected chi connectivity index (χ1v) is 14.2. The van der Waals surface area contributed by atoms with Gasteiger partial charge in [0.1, 0.15) is 11.4 Å². The molecular formula is C28H34BrClFN5O3. The summed E-state index contributed by atoms with van der Waals surface area (Å²) < 4.78 is 22.4. The van der Waals surface area contributed by atoms with E-state index < -0.39 is 17.1 Å². The van der Waals surface area contributed by atoms with Crippen molar-refractivity contribution in [2.24, 2.45) is 0 Å². The van der Waals surface area contributed by atoms with E-state index in [1.54, 1.807) is 11.1 Å². The van der Waals surface area contributed by atoms with Crippen LogP contribution in [0.3, 0.4) is 0 Å². The molecule has 8 nitrogen and oxygen atoms in total. The number of amides is 1. The number of piperazine rings is 1. The number of fused-ring (bicyclic) bond motifs is 1. The van der Waals surface area contributed by atoms with Crippen molar-refractivity contribution in [3.8, 4) is 5.69 Å². The zero-order valence-electron chi connectivity index (χ0n) is 23.3. The maximum atomic E-state index is 15.2. The third-order valence-corrected chi connectivity index (χ3v) is 7.82. The minimum atomic E-state index is -0.634. The first-order valence-electron chi connectivity index (χ1n) is 13.1. The molecule has 0 aliphatic carbocycles. The summed E-state index contributed by atoms with van der Waals surface area (Å²) in [5.74, 6) is -0.270. The SMILES string of the molecule is CC[C@@H]1CN(C(=O)OC(C)(C)C)CCN1c1nc(=O)n(-c2c(C)ccnc2C(C)C)c2cc(Cl)c(F)c(Br)c12. The molecule has 1 aromatic carbocycles. The average molecular weight is 623 g/mol. The molecule has 0 bridgehead atoms. The molecule has 1 aliphatic rings. The molecule has 39 heavy (non-hydrogen) atoms. The Morgan fingerprint density at radius 3 is 2.62 bits per heavy atom. The average Bonchev–Trinajstić information content (AvgIpc) is 2.85. The second-order valence-corrected chi connectivity index (χ2v) is 12.3. The molecule has 4 rings (SSSR count). The van der Waals surface area contributed by atoms with Gasteiger partial charge in [-0.15, -0.1) is 0 Å². The molecule has 1 fully saturated rings. The Hall–Kier alpha value is -2.72. The maximum Gasteiger partial charge on any atom is 0.410 e. The van der Waals surface area contributed by atoms with Gasteiger partial charge in [0.25, 0.3) is 0 Å². The number of hydrogen-bond acceptors (Lipinski definition) is 6. The van der Waals surface area contributed by atoms with E-state index >= 15 is 4.39 Å². The Bertz CT molecular complexity index is 1490. The van der Waals surface area contributed by atoms with Crippen LogP contribution < -0.4 is 10.6 Å². The van der Waals surface area contributed by atoms with Crippen molar-refractivity contribution in [1.29, 1.82) is 0 Å². The van der Waals surface area contributed by atoms with Crippen molar-refractivity contribution in [3.63, 3.8) is 0 Å². The van der Waals surface area contributed by atoms with E-state index in [4.69, 9.17) is 16.3 Å². The van der Waals surface area contributed by atoms with Gasteiger partial charge in [-0.05, 0) is 73.7 Å². The fraction of sp³-hybridized carbons (Fsp3) is 0.500. The minimum Gasteiger partial charge on any atom is -0.444 e. The summed E-state index contributed by atoms with van der Waals surface area (Å²) in [7, 11) is 0. The Balaban J connectivity index is 1.92. The summed E-state index contributed by atoms with van der Waals surface area (Å²) in [6, 6.07) is 3.13. The van der Waals surface area contributed by atoms with Gasteiger partial charge in [0.05, 0.1) is 31.8 Å². The molecule has 1 atom stereocenters. The third-order valence-electron chi connectivity index (χ3n) is 6.80. The topological polar surface area (TPSA) is 80.6 Å². The maximum absolute atomic E-state index is 15.2. The molecular weight excluding hydrogens is 589 g/mol. The van der Waals surface area contributed by atoms with E-state index in [2.05, 4.69) is 25.9 Å². The lowest BCUT2D eigenvalue weighted by molar-refractivity contribution is 0.0213. The number of ether oxygens (including phenoxy) is 1. The number of pyridine rings is 1. The van der Waals surface area contributed by atoms with Crippen molar-refractivity contribution in [3.05, 3.63) is 55.4 Å². The predicted molar refractivity (Wildman–Crippen MR) is 156 cm³/mol. The highest BCUT2D eigenvalue weighted by atomic mass is 79.9. The molecule has 0 radical (unpaired) electrons.